The molecule has 1 amide bonds. The first kappa shape index (κ1) is 16.5. The highest BCUT2D eigenvalue weighted by Crippen LogP contribution is 2.39. The summed E-state index contributed by atoms with van der Waals surface area (Å²) in [6.07, 6.45) is 0.583. The van der Waals surface area contributed by atoms with Gasteiger partial charge in [-0.05, 0) is 41.5 Å². The number of benzene rings is 2. The van der Waals surface area contributed by atoms with Crippen LogP contribution in [0.4, 0.5) is 10.2 Å². The molecule has 1 aliphatic rings. The first-order chi connectivity index (χ1) is 12.5. The van der Waals surface area contributed by atoms with Crippen molar-refractivity contribution in [3.05, 3.63) is 64.7 Å². The first-order valence-electron chi connectivity index (χ1n) is 8.71. The van der Waals surface area contributed by atoms with Gasteiger partial charge >= 0.3 is 0 Å². The Morgan fingerprint density at radius 1 is 1.04 bits per heavy atom. The second kappa shape index (κ2) is 6.09. The topological polar surface area (TPSA) is 51.1 Å². The molecule has 0 radical (unpaired) electrons. The SMILES string of the molecule is CC(C)CC1C(=O)Nc2c(-c3ccc(F)cc3)c3ccccc3c(=O)n21. The molecule has 0 saturated carbocycles. The lowest BCUT2D eigenvalue weighted by molar-refractivity contribution is -0.118. The van der Waals surface area contributed by atoms with Gasteiger partial charge in [-0.25, -0.2) is 4.39 Å². The molecule has 0 spiro atoms. The van der Waals surface area contributed by atoms with Gasteiger partial charge < -0.3 is 5.32 Å². The number of carbonyl (C=O) groups excluding carboxylic acids is 1. The lowest BCUT2D eigenvalue weighted by Gasteiger charge is -2.17. The van der Waals surface area contributed by atoms with Gasteiger partial charge in [0.1, 0.15) is 17.7 Å². The molecule has 26 heavy (non-hydrogen) atoms. The zero-order valence-electron chi connectivity index (χ0n) is 14.6. The third-order valence-corrected chi connectivity index (χ3v) is 4.81. The van der Waals surface area contributed by atoms with Crippen LogP contribution in [-0.2, 0) is 4.79 Å². The number of amides is 1. The van der Waals surface area contributed by atoms with E-state index in [1.165, 1.54) is 12.1 Å². The maximum Gasteiger partial charge on any atom is 0.260 e. The average molecular weight is 350 g/mol. The van der Waals surface area contributed by atoms with Crippen molar-refractivity contribution < 1.29 is 9.18 Å². The zero-order chi connectivity index (χ0) is 18.4. The third-order valence-electron chi connectivity index (χ3n) is 4.81. The monoisotopic (exact) mass is 350 g/mol. The Morgan fingerprint density at radius 3 is 2.35 bits per heavy atom. The Kier molecular flexibility index (Phi) is 3.87. The number of hydrogen-bond donors (Lipinski definition) is 1. The van der Waals surface area contributed by atoms with Crippen molar-refractivity contribution in [1.29, 1.82) is 0 Å². The maximum atomic E-state index is 13.4. The van der Waals surface area contributed by atoms with Gasteiger partial charge in [-0.2, -0.15) is 0 Å². The lowest BCUT2D eigenvalue weighted by atomic mass is 9.98. The molecule has 132 valence electrons. The van der Waals surface area contributed by atoms with Crippen molar-refractivity contribution in [2.75, 3.05) is 5.32 Å². The van der Waals surface area contributed by atoms with Gasteiger partial charge in [0.2, 0.25) is 5.91 Å². The standard InChI is InChI=1S/C21H19FN2O2/c1-12(2)11-17-20(25)23-19-18(13-7-9-14(22)10-8-13)15-5-3-4-6-16(15)21(26)24(17)19/h3-10,12,17H,11H2,1-2H3,(H,23,25). The number of rotatable bonds is 3. The number of pyridine rings is 1. The first-order valence-corrected chi connectivity index (χ1v) is 8.71. The van der Waals surface area contributed by atoms with Gasteiger partial charge in [0.15, 0.2) is 0 Å². The molecular formula is C21H19FN2O2. The van der Waals surface area contributed by atoms with E-state index in [1.54, 1.807) is 22.8 Å². The Morgan fingerprint density at radius 2 is 1.69 bits per heavy atom. The van der Waals surface area contributed by atoms with Crippen LogP contribution in [0.25, 0.3) is 21.9 Å². The minimum Gasteiger partial charge on any atom is -0.310 e. The van der Waals surface area contributed by atoms with E-state index in [4.69, 9.17) is 0 Å². The van der Waals surface area contributed by atoms with Crippen molar-refractivity contribution in [2.45, 2.75) is 26.3 Å². The van der Waals surface area contributed by atoms with Crippen LogP contribution in [0, 0.1) is 11.7 Å². The van der Waals surface area contributed by atoms with Crippen LogP contribution >= 0.6 is 0 Å². The third kappa shape index (κ3) is 2.51. The van der Waals surface area contributed by atoms with E-state index >= 15 is 0 Å². The van der Waals surface area contributed by atoms with Crippen LogP contribution in [0.15, 0.2) is 53.3 Å². The van der Waals surface area contributed by atoms with Crippen molar-refractivity contribution >= 4 is 22.5 Å². The van der Waals surface area contributed by atoms with Gasteiger partial charge in [-0.1, -0.05) is 44.2 Å². The fourth-order valence-corrected chi connectivity index (χ4v) is 3.67. The van der Waals surface area contributed by atoms with Gasteiger partial charge in [0.25, 0.3) is 5.56 Å². The summed E-state index contributed by atoms with van der Waals surface area (Å²) in [5, 5.41) is 4.20. The van der Waals surface area contributed by atoms with E-state index in [9.17, 15) is 14.0 Å². The molecule has 1 aromatic heterocycles. The van der Waals surface area contributed by atoms with Crippen LogP contribution in [0.1, 0.15) is 26.3 Å². The molecule has 1 unspecified atom stereocenters. The Bertz CT molecular complexity index is 1070. The molecule has 1 aliphatic heterocycles. The molecule has 0 aliphatic carbocycles. The molecule has 0 saturated heterocycles. The number of nitrogens with zero attached hydrogens (tertiary/aromatic N) is 1. The largest absolute Gasteiger partial charge is 0.310 e. The average Bonchev–Trinajstić information content (AvgIpc) is 2.92. The van der Waals surface area contributed by atoms with Crippen molar-refractivity contribution in [3.63, 3.8) is 0 Å². The second-order valence-corrected chi connectivity index (χ2v) is 7.09. The molecular weight excluding hydrogens is 331 g/mol. The van der Waals surface area contributed by atoms with E-state index < -0.39 is 6.04 Å². The summed E-state index contributed by atoms with van der Waals surface area (Å²) >= 11 is 0. The Balaban J connectivity index is 2.08. The molecule has 4 rings (SSSR count). The molecule has 1 N–H and O–H groups in total. The number of halogens is 1. The minimum absolute atomic E-state index is 0.172. The van der Waals surface area contributed by atoms with Gasteiger partial charge in [-0.15, -0.1) is 0 Å². The fourth-order valence-electron chi connectivity index (χ4n) is 3.67. The Hall–Kier alpha value is -2.95. The van der Waals surface area contributed by atoms with Crippen LogP contribution in [0.5, 0.6) is 0 Å². The summed E-state index contributed by atoms with van der Waals surface area (Å²) in [6.45, 7) is 4.05. The van der Waals surface area contributed by atoms with E-state index in [0.717, 1.165) is 16.5 Å². The van der Waals surface area contributed by atoms with Crippen molar-refractivity contribution in [2.24, 2.45) is 5.92 Å². The number of aromatic nitrogens is 1. The highest BCUT2D eigenvalue weighted by molar-refractivity contribution is 6.08. The number of hydrogen-bond acceptors (Lipinski definition) is 2. The second-order valence-electron chi connectivity index (χ2n) is 7.09. The summed E-state index contributed by atoms with van der Waals surface area (Å²) in [6, 6.07) is 12.9. The summed E-state index contributed by atoms with van der Waals surface area (Å²) in [4.78, 5) is 25.7. The molecule has 2 aromatic carbocycles. The van der Waals surface area contributed by atoms with Crippen LogP contribution < -0.4 is 10.9 Å². The molecule has 2 heterocycles. The smallest absolute Gasteiger partial charge is 0.260 e. The summed E-state index contributed by atoms with van der Waals surface area (Å²) < 4.78 is 15.0. The predicted octanol–water partition coefficient (Wildman–Crippen LogP) is 4.35. The summed E-state index contributed by atoms with van der Waals surface area (Å²) in [7, 11) is 0. The fraction of sp³-hybridized carbons (Fsp3) is 0.238. The zero-order valence-corrected chi connectivity index (χ0v) is 14.6. The van der Waals surface area contributed by atoms with Crippen molar-refractivity contribution in [1.82, 2.24) is 4.57 Å². The molecule has 0 fully saturated rings. The van der Waals surface area contributed by atoms with Crippen LogP contribution in [0.3, 0.4) is 0 Å². The number of carbonyl (C=O) groups is 1. The van der Waals surface area contributed by atoms with E-state index in [0.29, 0.717) is 17.6 Å². The molecule has 3 aromatic rings. The molecule has 1 atom stereocenters. The summed E-state index contributed by atoms with van der Waals surface area (Å²) in [5.41, 5.74) is 1.34. The quantitative estimate of drug-likeness (QED) is 0.764. The van der Waals surface area contributed by atoms with E-state index in [1.807, 2.05) is 32.0 Å². The number of nitrogens with one attached hydrogen (secondary N) is 1. The van der Waals surface area contributed by atoms with Crippen LogP contribution in [0.2, 0.25) is 0 Å². The minimum atomic E-state index is -0.527. The van der Waals surface area contributed by atoms with E-state index in [-0.39, 0.29) is 23.2 Å². The predicted molar refractivity (Wildman–Crippen MR) is 101 cm³/mol. The lowest BCUT2D eigenvalue weighted by Crippen LogP contribution is -2.26. The van der Waals surface area contributed by atoms with Crippen LogP contribution in [-0.4, -0.2) is 10.5 Å². The number of anilines is 1. The molecule has 4 nitrogen and oxygen atoms in total. The highest BCUT2D eigenvalue weighted by Gasteiger charge is 2.35. The summed E-state index contributed by atoms with van der Waals surface area (Å²) in [5.74, 6) is 0.263. The van der Waals surface area contributed by atoms with E-state index in [2.05, 4.69) is 5.32 Å². The van der Waals surface area contributed by atoms with Crippen molar-refractivity contribution in [3.8, 4) is 11.1 Å². The maximum absolute atomic E-state index is 13.4. The van der Waals surface area contributed by atoms with Gasteiger partial charge in [-0.3, -0.25) is 14.2 Å². The Labute approximate surface area is 150 Å². The van der Waals surface area contributed by atoms with Gasteiger partial charge in [0.05, 0.1) is 0 Å². The molecule has 5 heteroatoms. The molecule has 0 bridgehead atoms. The highest BCUT2D eigenvalue weighted by atomic mass is 19.1. The number of fused-ring (bicyclic) bond motifs is 2. The van der Waals surface area contributed by atoms with Gasteiger partial charge in [0, 0.05) is 10.9 Å². The normalized spacial score (nSPS) is 16.2.